The molecule has 3 fully saturated rings. The normalized spacial score (nSPS) is 18.3. The first-order valence-corrected chi connectivity index (χ1v) is 16.8. The molecule has 48 heavy (non-hydrogen) atoms. The Labute approximate surface area is 279 Å². The molecule has 2 aliphatic heterocycles. The summed E-state index contributed by atoms with van der Waals surface area (Å²) < 4.78 is 26.0. The van der Waals surface area contributed by atoms with Crippen molar-refractivity contribution in [1.82, 2.24) is 15.1 Å². The molecule has 3 amide bonds. The monoisotopic (exact) mass is 656 g/mol. The predicted molar refractivity (Wildman–Crippen MR) is 177 cm³/mol. The van der Waals surface area contributed by atoms with E-state index in [0.717, 1.165) is 55.8 Å². The fraction of sp³-hybridized carbons (Fsp3) is 0.405. The number of nitrogens with one attached hydrogen (secondary N) is 2. The van der Waals surface area contributed by atoms with E-state index in [0.29, 0.717) is 30.1 Å². The molecule has 2 N–H and O–H groups in total. The fourth-order valence-electron chi connectivity index (χ4n) is 6.66. The van der Waals surface area contributed by atoms with Gasteiger partial charge in [-0.25, -0.2) is 9.18 Å². The highest BCUT2D eigenvalue weighted by molar-refractivity contribution is 6.37. The van der Waals surface area contributed by atoms with Gasteiger partial charge in [-0.15, -0.1) is 0 Å². The van der Waals surface area contributed by atoms with E-state index in [1.807, 2.05) is 24.3 Å². The summed E-state index contributed by atoms with van der Waals surface area (Å²) in [6.45, 7) is 2.84. The van der Waals surface area contributed by atoms with Crippen LogP contribution in [0.5, 0.6) is 5.75 Å². The van der Waals surface area contributed by atoms with Crippen LogP contribution in [0.4, 0.5) is 10.1 Å². The molecule has 0 bridgehead atoms. The summed E-state index contributed by atoms with van der Waals surface area (Å²) >= 11 is 0. The summed E-state index contributed by atoms with van der Waals surface area (Å²) in [6, 6.07) is 18.1. The van der Waals surface area contributed by atoms with Gasteiger partial charge in [-0.1, -0.05) is 49.6 Å². The van der Waals surface area contributed by atoms with Crippen LogP contribution in [0.1, 0.15) is 76.3 Å². The third-order valence-electron chi connectivity index (χ3n) is 9.27. The maximum Gasteiger partial charge on any atom is 0.397 e. The minimum absolute atomic E-state index is 0.0212. The highest BCUT2D eigenvalue weighted by Gasteiger charge is 2.29. The quantitative estimate of drug-likeness (QED) is 0.262. The van der Waals surface area contributed by atoms with Crippen molar-refractivity contribution in [3.8, 4) is 5.75 Å². The van der Waals surface area contributed by atoms with E-state index in [1.54, 1.807) is 34.1 Å². The Morgan fingerprint density at radius 3 is 2.21 bits per heavy atom. The van der Waals surface area contributed by atoms with E-state index in [2.05, 4.69) is 10.6 Å². The highest BCUT2D eigenvalue weighted by Crippen LogP contribution is 2.39. The van der Waals surface area contributed by atoms with Crippen LogP contribution in [0.3, 0.4) is 0 Å². The number of nitrogens with zero attached hydrogens (tertiary/aromatic N) is 2. The molecule has 1 aliphatic carbocycles. The molecule has 2 heterocycles. The van der Waals surface area contributed by atoms with E-state index < -0.39 is 23.6 Å². The van der Waals surface area contributed by atoms with E-state index in [1.165, 1.54) is 25.3 Å². The SMILES string of the molecule is O=C(Nc1cc(F)cc(C(=O)N2CCN(C(=O)c3ccc(O[C@H]4CCNC4)c(C4CCCCC4)c3)CC2)c1)C(=O)OCc1ccccc1. The molecular formula is C37H41FN4O6. The summed E-state index contributed by atoms with van der Waals surface area (Å²) in [5, 5.41) is 5.67. The molecule has 2 saturated heterocycles. The second kappa shape index (κ2) is 15.4. The van der Waals surface area contributed by atoms with Crippen molar-refractivity contribution in [3.05, 3.63) is 94.8 Å². The number of anilines is 1. The van der Waals surface area contributed by atoms with Gasteiger partial charge >= 0.3 is 11.9 Å². The van der Waals surface area contributed by atoms with Gasteiger partial charge in [-0.2, -0.15) is 0 Å². The van der Waals surface area contributed by atoms with Gasteiger partial charge in [0.15, 0.2) is 0 Å². The second-order valence-electron chi connectivity index (χ2n) is 12.6. The minimum Gasteiger partial charge on any atom is -0.489 e. The molecule has 252 valence electrons. The number of hydrogen-bond acceptors (Lipinski definition) is 7. The first-order valence-electron chi connectivity index (χ1n) is 16.8. The second-order valence-corrected chi connectivity index (χ2v) is 12.6. The number of carbonyl (C=O) groups is 4. The smallest absolute Gasteiger partial charge is 0.397 e. The number of rotatable bonds is 8. The van der Waals surface area contributed by atoms with Gasteiger partial charge in [-0.3, -0.25) is 14.4 Å². The Kier molecular flexibility index (Phi) is 10.6. The third-order valence-corrected chi connectivity index (χ3v) is 9.27. The van der Waals surface area contributed by atoms with Crippen LogP contribution < -0.4 is 15.4 Å². The largest absolute Gasteiger partial charge is 0.489 e. The first-order chi connectivity index (χ1) is 23.3. The van der Waals surface area contributed by atoms with Crippen molar-refractivity contribution in [3.63, 3.8) is 0 Å². The molecule has 3 aliphatic rings. The zero-order chi connectivity index (χ0) is 33.5. The Morgan fingerprint density at radius 2 is 1.52 bits per heavy atom. The van der Waals surface area contributed by atoms with Crippen molar-refractivity contribution in [1.29, 1.82) is 0 Å². The average Bonchev–Trinajstić information content (AvgIpc) is 3.64. The van der Waals surface area contributed by atoms with Crippen molar-refractivity contribution in [2.45, 2.75) is 57.2 Å². The molecule has 1 saturated carbocycles. The lowest BCUT2D eigenvalue weighted by Crippen LogP contribution is -2.50. The van der Waals surface area contributed by atoms with Crippen LogP contribution in [0.15, 0.2) is 66.7 Å². The summed E-state index contributed by atoms with van der Waals surface area (Å²) in [5.41, 5.74) is 2.41. The maximum atomic E-state index is 14.5. The molecule has 3 aromatic rings. The number of halogens is 1. The molecular weight excluding hydrogens is 615 g/mol. The zero-order valence-corrected chi connectivity index (χ0v) is 26.9. The summed E-state index contributed by atoms with van der Waals surface area (Å²) in [4.78, 5) is 54.9. The van der Waals surface area contributed by atoms with Crippen molar-refractivity contribution in [2.75, 3.05) is 44.6 Å². The summed E-state index contributed by atoms with van der Waals surface area (Å²) in [7, 11) is 0. The molecule has 0 aromatic heterocycles. The van der Waals surface area contributed by atoms with E-state index in [-0.39, 0.29) is 43.0 Å². The lowest BCUT2D eigenvalue weighted by Gasteiger charge is -2.35. The lowest BCUT2D eigenvalue weighted by molar-refractivity contribution is -0.153. The summed E-state index contributed by atoms with van der Waals surface area (Å²) in [5.74, 6) is -2.24. The summed E-state index contributed by atoms with van der Waals surface area (Å²) in [6.07, 6.45) is 6.84. The Bertz CT molecular complexity index is 1630. The Morgan fingerprint density at radius 1 is 0.812 bits per heavy atom. The van der Waals surface area contributed by atoms with E-state index in [4.69, 9.17) is 9.47 Å². The van der Waals surface area contributed by atoms with Crippen molar-refractivity contribution in [2.24, 2.45) is 0 Å². The van der Waals surface area contributed by atoms with Crippen LogP contribution in [-0.4, -0.2) is 78.9 Å². The van der Waals surface area contributed by atoms with Gasteiger partial charge in [0.2, 0.25) is 0 Å². The molecule has 0 radical (unpaired) electrons. The van der Waals surface area contributed by atoms with E-state index >= 15 is 0 Å². The van der Waals surface area contributed by atoms with Crippen LogP contribution in [0, 0.1) is 5.82 Å². The molecule has 0 spiro atoms. The van der Waals surface area contributed by atoms with Crippen molar-refractivity contribution < 1.29 is 33.0 Å². The molecule has 0 unspecified atom stereocenters. The van der Waals surface area contributed by atoms with Gasteiger partial charge in [0.1, 0.15) is 24.3 Å². The topological polar surface area (TPSA) is 117 Å². The van der Waals surface area contributed by atoms with Crippen molar-refractivity contribution >= 4 is 29.4 Å². The zero-order valence-electron chi connectivity index (χ0n) is 26.9. The fourth-order valence-corrected chi connectivity index (χ4v) is 6.66. The number of carbonyl (C=O) groups excluding carboxylic acids is 4. The molecule has 1 atom stereocenters. The van der Waals surface area contributed by atoms with Gasteiger partial charge in [0, 0.05) is 49.5 Å². The molecule has 10 nitrogen and oxygen atoms in total. The number of benzene rings is 3. The Hall–Kier alpha value is -4.77. The molecule has 11 heteroatoms. The number of amides is 3. The van der Waals surface area contributed by atoms with Gasteiger partial charge in [-0.05, 0) is 79.3 Å². The number of piperazine rings is 1. The highest BCUT2D eigenvalue weighted by atomic mass is 19.1. The average molecular weight is 657 g/mol. The Balaban J connectivity index is 1.06. The van der Waals surface area contributed by atoms with Crippen LogP contribution in [-0.2, 0) is 20.9 Å². The maximum absolute atomic E-state index is 14.5. The van der Waals surface area contributed by atoms with E-state index in [9.17, 15) is 23.6 Å². The van der Waals surface area contributed by atoms with Crippen LogP contribution in [0.25, 0.3) is 0 Å². The van der Waals surface area contributed by atoms with Gasteiger partial charge < -0.3 is 29.9 Å². The molecule has 6 rings (SSSR count). The number of ether oxygens (including phenoxy) is 2. The minimum atomic E-state index is -1.13. The van der Waals surface area contributed by atoms with Crippen LogP contribution in [0.2, 0.25) is 0 Å². The predicted octanol–water partition coefficient (Wildman–Crippen LogP) is 4.89. The van der Waals surface area contributed by atoms with Crippen LogP contribution >= 0.6 is 0 Å². The number of hydrogen-bond donors (Lipinski definition) is 2. The standard InChI is InChI=1S/C37H41FN4O6/c38-29-19-28(20-30(22-29)40-34(43)37(46)47-24-25-7-3-1-4-8-25)36(45)42-17-15-41(16-18-42)35(44)27-11-12-33(48-31-13-14-39-23-31)32(21-27)26-9-5-2-6-10-26/h1,3-4,7-8,11-12,19-22,26,31,39H,2,5-6,9-10,13-18,23-24H2,(H,40,43)/t31-/m0/s1. The lowest BCUT2D eigenvalue weighted by atomic mass is 9.83. The number of esters is 1. The third kappa shape index (κ3) is 8.20. The van der Waals surface area contributed by atoms with Gasteiger partial charge in [0.05, 0.1) is 0 Å². The first kappa shape index (κ1) is 33.1. The van der Waals surface area contributed by atoms with Gasteiger partial charge in [0.25, 0.3) is 11.8 Å². The molecule has 3 aromatic carbocycles.